The normalized spacial score (nSPS) is 22.0. The third kappa shape index (κ3) is 54.4. The summed E-state index contributed by atoms with van der Waals surface area (Å²) in [7, 11) is 0. The first-order valence-electron chi connectivity index (χ1n) is 43.3. The summed E-state index contributed by atoms with van der Waals surface area (Å²) in [6, 6.07) is -0.935. The molecule has 9 N–H and O–H groups in total. The maximum Gasteiger partial charge on any atom is 0.220 e. The molecule has 0 aromatic carbocycles. The second-order valence-corrected chi connectivity index (χ2v) is 30.3. The van der Waals surface area contributed by atoms with E-state index in [-0.39, 0.29) is 18.9 Å². The lowest BCUT2D eigenvalue weighted by Gasteiger charge is -2.46. The fourth-order valence-corrected chi connectivity index (χ4v) is 14.0. The zero-order valence-electron chi connectivity index (χ0n) is 66.1. The van der Waals surface area contributed by atoms with Gasteiger partial charge in [0.15, 0.2) is 12.6 Å². The van der Waals surface area contributed by atoms with E-state index in [2.05, 4.69) is 92.1 Å². The van der Waals surface area contributed by atoms with Gasteiger partial charge in [-0.3, -0.25) is 4.79 Å². The van der Waals surface area contributed by atoms with E-state index in [4.69, 9.17) is 18.9 Å². The molecule has 0 aromatic heterocycles. The zero-order chi connectivity index (χ0) is 74.4. The Bertz CT molecular complexity index is 2060. The first-order valence-corrected chi connectivity index (χ1v) is 43.3. The number of aliphatic hydroxyl groups is 8. The molecule has 2 aliphatic heterocycles. The van der Waals surface area contributed by atoms with Crippen molar-refractivity contribution in [2.75, 3.05) is 19.8 Å². The Kier molecular flexibility index (Phi) is 67.3. The van der Waals surface area contributed by atoms with Crippen LogP contribution in [0.2, 0.25) is 0 Å². The molecule has 0 bridgehead atoms. The Morgan fingerprint density at radius 3 is 1.07 bits per heavy atom. The number of rotatable bonds is 73. The molecule has 103 heavy (non-hydrogen) atoms. The Balaban J connectivity index is 1.57. The molecule has 0 radical (unpaired) electrons. The van der Waals surface area contributed by atoms with Crippen molar-refractivity contribution in [1.29, 1.82) is 0 Å². The number of carbonyl (C=O) groups excluding carboxylic acids is 1. The summed E-state index contributed by atoms with van der Waals surface area (Å²) in [6.07, 6.45) is 85.5. The molecule has 14 heteroatoms. The molecule has 1 amide bonds. The molecule has 12 atom stereocenters. The fraction of sp³-hybridized carbons (Fsp3) is 0.831. The minimum Gasteiger partial charge on any atom is -0.394 e. The highest BCUT2D eigenvalue weighted by atomic mass is 16.7. The average molecular weight is 1450 g/mol. The molecule has 2 saturated heterocycles. The van der Waals surface area contributed by atoms with E-state index in [0.29, 0.717) is 12.8 Å². The van der Waals surface area contributed by atoms with E-state index in [1.54, 1.807) is 6.08 Å². The Labute approximate surface area is 631 Å². The van der Waals surface area contributed by atoms with Crippen molar-refractivity contribution in [3.05, 3.63) is 85.1 Å². The Hall–Kier alpha value is -2.83. The molecule has 600 valence electrons. The predicted octanol–water partition coefficient (Wildman–Crippen LogP) is 20.6. The van der Waals surface area contributed by atoms with Crippen LogP contribution in [0.4, 0.5) is 0 Å². The van der Waals surface area contributed by atoms with Crippen molar-refractivity contribution in [3.63, 3.8) is 0 Å². The Morgan fingerprint density at radius 2 is 0.680 bits per heavy atom. The van der Waals surface area contributed by atoms with Crippen molar-refractivity contribution in [2.24, 2.45) is 0 Å². The van der Waals surface area contributed by atoms with Crippen LogP contribution in [-0.2, 0) is 23.7 Å². The molecule has 0 saturated carbocycles. The van der Waals surface area contributed by atoms with E-state index in [9.17, 15) is 45.6 Å². The predicted molar refractivity (Wildman–Crippen MR) is 429 cm³/mol. The van der Waals surface area contributed by atoms with Gasteiger partial charge in [-0.25, -0.2) is 0 Å². The molecule has 2 fully saturated rings. The minimum absolute atomic E-state index is 0.243. The quantitative estimate of drug-likeness (QED) is 0.0204. The van der Waals surface area contributed by atoms with Gasteiger partial charge in [-0.1, -0.05) is 381 Å². The number of hydrogen-bond acceptors (Lipinski definition) is 13. The number of amides is 1. The second kappa shape index (κ2) is 72.1. The highest BCUT2D eigenvalue weighted by molar-refractivity contribution is 5.76. The van der Waals surface area contributed by atoms with Crippen molar-refractivity contribution in [1.82, 2.24) is 5.32 Å². The van der Waals surface area contributed by atoms with Gasteiger partial charge in [0.2, 0.25) is 5.91 Å². The molecular formula is C89H161NO13. The van der Waals surface area contributed by atoms with Gasteiger partial charge in [0.1, 0.15) is 48.8 Å². The third-order valence-electron chi connectivity index (χ3n) is 20.8. The number of nitrogens with one attached hydrogen (secondary N) is 1. The summed E-state index contributed by atoms with van der Waals surface area (Å²) < 4.78 is 22.9. The number of aliphatic hydroxyl groups excluding tert-OH is 8. The van der Waals surface area contributed by atoms with Gasteiger partial charge in [-0.05, 0) is 77.0 Å². The lowest BCUT2D eigenvalue weighted by atomic mass is 9.97. The van der Waals surface area contributed by atoms with Gasteiger partial charge < -0.3 is 65.1 Å². The van der Waals surface area contributed by atoms with Crippen LogP contribution in [0, 0.1) is 0 Å². The van der Waals surface area contributed by atoms with Crippen molar-refractivity contribution >= 4 is 5.91 Å². The van der Waals surface area contributed by atoms with Gasteiger partial charge in [0.05, 0.1) is 32.0 Å². The maximum atomic E-state index is 13.4. The SMILES string of the molecule is CC/C=C\C/C=C\C/C=C\C/C=C\C/C=C\CCCCCCCCCCCCCCCCCCCCCCCCCCCC(=O)NC(COC1OC(CO)C(OC2OC(CO)C(O)C(O)C2O)C(O)C1O)C(O)/C=C/CC/C=C/CCCCCCCCCCCCCCCCCCCCCCCC. The van der Waals surface area contributed by atoms with Crippen LogP contribution in [0.3, 0.4) is 0 Å². The molecule has 12 unspecified atom stereocenters. The number of hydrogen-bond donors (Lipinski definition) is 9. The topological polar surface area (TPSA) is 228 Å². The molecule has 0 aliphatic carbocycles. The van der Waals surface area contributed by atoms with Crippen molar-refractivity contribution < 1.29 is 64.6 Å². The fourth-order valence-electron chi connectivity index (χ4n) is 14.0. The molecule has 0 spiro atoms. The molecule has 2 aliphatic rings. The van der Waals surface area contributed by atoms with Crippen LogP contribution in [0.5, 0.6) is 0 Å². The summed E-state index contributed by atoms with van der Waals surface area (Å²) in [6.45, 7) is 2.72. The first-order chi connectivity index (χ1) is 50.6. The third-order valence-corrected chi connectivity index (χ3v) is 20.8. The van der Waals surface area contributed by atoms with Gasteiger partial charge in [0.25, 0.3) is 0 Å². The monoisotopic (exact) mass is 1450 g/mol. The van der Waals surface area contributed by atoms with Crippen LogP contribution in [0.15, 0.2) is 85.1 Å². The minimum atomic E-state index is -1.79. The van der Waals surface area contributed by atoms with Crippen LogP contribution in [0.1, 0.15) is 380 Å². The molecule has 2 heterocycles. The summed E-state index contributed by atoms with van der Waals surface area (Å²) in [5, 5.41) is 87.8. The first kappa shape index (κ1) is 96.2. The number of ether oxygens (including phenoxy) is 4. The van der Waals surface area contributed by atoms with Gasteiger partial charge in [-0.2, -0.15) is 0 Å². The van der Waals surface area contributed by atoms with Crippen molar-refractivity contribution in [3.8, 4) is 0 Å². The lowest BCUT2D eigenvalue weighted by Crippen LogP contribution is -2.65. The van der Waals surface area contributed by atoms with Crippen LogP contribution < -0.4 is 5.32 Å². The molecule has 0 aromatic rings. The molecule has 2 rings (SSSR count). The van der Waals surface area contributed by atoms with Gasteiger partial charge in [-0.15, -0.1) is 0 Å². The van der Waals surface area contributed by atoms with E-state index in [0.717, 1.165) is 64.2 Å². The van der Waals surface area contributed by atoms with Crippen molar-refractivity contribution in [2.45, 2.75) is 453 Å². The van der Waals surface area contributed by atoms with E-state index >= 15 is 0 Å². The zero-order valence-corrected chi connectivity index (χ0v) is 66.1. The largest absolute Gasteiger partial charge is 0.394 e. The van der Waals surface area contributed by atoms with E-state index in [1.807, 2.05) is 6.08 Å². The van der Waals surface area contributed by atoms with Crippen LogP contribution in [-0.4, -0.2) is 140 Å². The highest BCUT2D eigenvalue weighted by Crippen LogP contribution is 2.30. The summed E-state index contributed by atoms with van der Waals surface area (Å²) >= 11 is 0. The second-order valence-electron chi connectivity index (χ2n) is 30.3. The van der Waals surface area contributed by atoms with Gasteiger partial charge >= 0.3 is 0 Å². The van der Waals surface area contributed by atoms with Gasteiger partial charge in [0, 0.05) is 6.42 Å². The van der Waals surface area contributed by atoms with Crippen LogP contribution in [0.25, 0.3) is 0 Å². The molecule has 14 nitrogen and oxygen atoms in total. The van der Waals surface area contributed by atoms with E-state index in [1.165, 1.54) is 283 Å². The summed E-state index contributed by atoms with van der Waals surface area (Å²) in [5.41, 5.74) is 0. The highest BCUT2D eigenvalue weighted by Gasteiger charge is 2.51. The Morgan fingerprint density at radius 1 is 0.359 bits per heavy atom. The lowest BCUT2D eigenvalue weighted by molar-refractivity contribution is -0.359. The number of unbranched alkanes of at least 4 members (excludes halogenated alkanes) is 48. The smallest absolute Gasteiger partial charge is 0.220 e. The standard InChI is InChI=1S/C89H161NO13/c1-3-5-7-9-11-13-15-17-19-21-23-25-27-29-31-33-34-35-36-37-38-39-40-41-42-43-44-45-47-49-51-53-55-57-59-61-63-65-67-69-71-73-81(94)90-77(76-100-88-86(99)84(97)87(80(75-92)102-88)103-89-85(98)83(96)82(95)79(74-91)101-89)78(93)72-70-68-66-64-62-60-58-56-54-52-50-48-46-32-30-28-26-24-22-20-18-16-14-12-10-8-6-4-2/h5,7,11,13,17,19,23,25,29,31,62,64,70,72,77-80,82-89,91-93,95-99H,3-4,6,8-10,12,14-16,18,20-22,24,26-28,30,32-61,63,65-69,71,73-76H2,1-2H3,(H,90,94)/b7-5-,13-11-,19-17-,25-23-,31-29-,64-62+,72-70+. The van der Waals surface area contributed by atoms with E-state index < -0.39 is 86.8 Å². The maximum absolute atomic E-state index is 13.4. The average Bonchev–Trinajstić information content (AvgIpc) is 0.791. The summed E-state index contributed by atoms with van der Waals surface area (Å²) in [5.74, 6) is -0.243. The molecular weight excluding hydrogens is 1290 g/mol. The summed E-state index contributed by atoms with van der Waals surface area (Å²) in [4.78, 5) is 13.4. The number of carbonyl (C=O) groups is 1. The van der Waals surface area contributed by atoms with Crippen LogP contribution >= 0.6 is 0 Å². The number of allylic oxidation sites excluding steroid dienone is 13.